The molecule has 0 saturated carbocycles. The third-order valence-corrected chi connectivity index (χ3v) is 1.67. The van der Waals surface area contributed by atoms with Crippen LogP contribution in [0.4, 0.5) is 0 Å². The molecule has 0 aromatic rings. The Bertz CT molecular complexity index is 388. The van der Waals surface area contributed by atoms with Gasteiger partial charge in [-0.15, -0.1) is 0 Å². The average molecular weight is 418 g/mol. The van der Waals surface area contributed by atoms with Gasteiger partial charge in [-0.25, -0.2) is 6.67 Å². The van der Waals surface area contributed by atoms with Crippen molar-refractivity contribution < 1.29 is 118 Å². The van der Waals surface area contributed by atoms with Crippen molar-refractivity contribution in [3.05, 3.63) is 6.67 Å². The summed E-state index contributed by atoms with van der Waals surface area (Å²) in [6.07, 6.45) is 0. The molecule has 0 unspecified atom stereocenters. The van der Waals surface area contributed by atoms with E-state index >= 15 is 0 Å². The van der Waals surface area contributed by atoms with Crippen molar-refractivity contribution in [2.75, 3.05) is 26.2 Å². The number of hydrogen-bond donors (Lipinski definition) is 7. The number of carboxylic acids is 4. The molecule has 0 atom stereocenters. The predicted octanol–water partition coefficient (Wildman–Crippen LogP) is -11.9. The van der Waals surface area contributed by atoms with Crippen LogP contribution in [-0.4, -0.2) is 103 Å². The quantitative estimate of drug-likeness (QED) is 0.129. The van der Waals surface area contributed by atoms with Gasteiger partial charge in [0.15, 0.2) is 0 Å². The molecule has 0 rings (SSSR count). The molecule has 0 spiro atoms. The molecule has 17 heteroatoms. The van der Waals surface area contributed by atoms with Crippen LogP contribution in [0, 0.1) is 6.67 Å². The Morgan fingerprint density at radius 1 is 0.731 bits per heavy atom. The van der Waals surface area contributed by atoms with Gasteiger partial charge in [0.05, 0.1) is 25.6 Å². The first kappa shape index (κ1) is 33.4. The van der Waals surface area contributed by atoms with Gasteiger partial charge in [0.1, 0.15) is 0 Å². The van der Waals surface area contributed by atoms with E-state index < -0.39 is 59.1 Å². The Balaban J connectivity index is -0.000000304. The van der Waals surface area contributed by atoms with Crippen LogP contribution in [0.5, 0.6) is 0 Å². The van der Waals surface area contributed by atoms with Crippen LogP contribution in [0.1, 0.15) is 0 Å². The minimum absolute atomic E-state index is 0. The number of rotatable bonds is 10. The predicted molar refractivity (Wildman–Crippen MR) is 70.0 cm³/mol. The van der Waals surface area contributed by atoms with Gasteiger partial charge in [0.25, 0.3) is 0 Å². The Morgan fingerprint density at radius 3 is 1.15 bits per heavy atom. The molecule has 0 bridgehead atoms. The zero-order valence-electron chi connectivity index (χ0n) is 14.0. The number of carboxylic acid groups (broad SMARTS) is 4. The molecule has 0 heterocycles. The Kier molecular flexibility index (Phi) is 21.9. The summed E-state index contributed by atoms with van der Waals surface area (Å²) in [5.74, 6) is -5.63. The molecule has 0 amide bonds. The SMILES string of the molecule is O=C([O-])CN([CH-]N(CC(=O)O)CC(=O)O)CC(=O)O.O[Si](O)(O)O.[Na+].[Na+]. The minimum Gasteiger partial charge on any atom is -0.549 e. The molecule has 0 aromatic heterocycles. The van der Waals surface area contributed by atoms with Gasteiger partial charge < -0.3 is 54.2 Å². The van der Waals surface area contributed by atoms with Crippen molar-refractivity contribution in [3.63, 3.8) is 0 Å². The molecule has 0 aliphatic rings. The molecule has 14 nitrogen and oxygen atoms in total. The number of nitrogens with zero attached hydrogens (tertiary/aromatic N) is 2. The summed E-state index contributed by atoms with van der Waals surface area (Å²) in [5, 5.41) is 36.1. The Labute approximate surface area is 192 Å². The summed E-state index contributed by atoms with van der Waals surface area (Å²) in [4.78, 5) is 72.7. The van der Waals surface area contributed by atoms with Crippen LogP contribution < -0.4 is 64.2 Å². The first-order valence-electron chi connectivity index (χ1n) is 5.78. The molecule has 0 fully saturated rings. The van der Waals surface area contributed by atoms with E-state index in [1.54, 1.807) is 0 Å². The summed E-state index contributed by atoms with van der Waals surface area (Å²) in [6.45, 7) is -2.14. The van der Waals surface area contributed by atoms with Crippen LogP contribution in [0.15, 0.2) is 0 Å². The molecule has 0 aliphatic carbocycles. The van der Waals surface area contributed by atoms with Crippen LogP contribution in [0.2, 0.25) is 0 Å². The number of carbonyl (C=O) groups is 4. The summed E-state index contributed by atoms with van der Waals surface area (Å²) < 4.78 is 0. The van der Waals surface area contributed by atoms with E-state index in [0.29, 0.717) is 0 Å². The van der Waals surface area contributed by atoms with Crippen molar-refractivity contribution >= 4 is 32.9 Å². The fourth-order valence-corrected chi connectivity index (χ4v) is 1.19. The largest absolute Gasteiger partial charge is 1.00 e. The standard InChI is InChI=1S/C9H13N2O8.2Na.H4O4Si/c12-6(13)1-10(2-7(14)15)5-11(3-8(16)17)4-9(18)19;;;1-5(2,3)4/h5H,1-4H2,(H,12,13)(H,14,15)(H,16,17)(H,18,19);;;1-4H/q-1;2*+1;/p-1. The number of aliphatic carboxylic acids is 4. The van der Waals surface area contributed by atoms with E-state index in [9.17, 15) is 24.3 Å². The van der Waals surface area contributed by atoms with Gasteiger partial charge in [-0.05, 0) is 0 Å². The second-order valence-electron chi connectivity index (χ2n) is 4.08. The van der Waals surface area contributed by atoms with Gasteiger partial charge >= 0.3 is 86.1 Å². The van der Waals surface area contributed by atoms with Crippen molar-refractivity contribution in [1.82, 2.24) is 9.80 Å². The van der Waals surface area contributed by atoms with Gasteiger partial charge in [-0.2, -0.15) is 0 Å². The molecule has 0 radical (unpaired) electrons. The van der Waals surface area contributed by atoms with Crippen LogP contribution in [-0.2, 0) is 19.2 Å². The Morgan fingerprint density at radius 2 is 0.962 bits per heavy atom. The summed E-state index contributed by atoms with van der Waals surface area (Å²) >= 11 is 0. The van der Waals surface area contributed by atoms with E-state index in [1.165, 1.54) is 0 Å². The molecule has 0 saturated heterocycles. The first-order valence-corrected chi connectivity index (χ1v) is 7.57. The monoisotopic (exact) mass is 418 g/mol. The molecule has 140 valence electrons. The molecule has 26 heavy (non-hydrogen) atoms. The van der Waals surface area contributed by atoms with Crippen molar-refractivity contribution in [1.29, 1.82) is 0 Å². The zero-order valence-corrected chi connectivity index (χ0v) is 19.0. The zero-order chi connectivity index (χ0) is 19.5. The molecule has 0 aromatic carbocycles. The molecule has 7 N–H and O–H groups in total. The third-order valence-electron chi connectivity index (χ3n) is 1.67. The van der Waals surface area contributed by atoms with E-state index in [1.807, 2.05) is 0 Å². The van der Waals surface area contributed by atoms with Crippen molar-refractivity contribution in [3.8, 4) is 0 Å². The fraction of sp³-hybridized carbons (Fsp3) is 0.444. The van der Waals surface area contributed by atoms with Crippen molar-refractivity contribution in [2.24, 2.45) is 0 Å². The van der Waals surface area contributed by atoms with E-state index in [4.69, 9.17) is 34.5 Å². The second kappa shape index (κ2) is 17.0. The van der Waals surface area contributed by atoms with Crippen molar-refractivity contribution in [2.45, 2.75) is 0 Å². The van der Waals surface area contributed by atoms with Crippen LogP contribution in [0.25, 0.3) is 0 Å². The minimum atomic E-state index is -4.61. The molecule has 0 aliphatic heterocycles. The van der Waals surface area contributed by atoms with E-state index in [-0.39, 0.29) is 59.1 Å². The third kappa shape index (κ3) is 31.6. The van der Waals surface area contributed by atoms with Crippen LogP contribution >= 0.6 is 0 Å². The number of carbonyl (C=O) groups excluding carboxylic acids is 1. The van der Waals surface area contributed by atoms with Gasteiger partial charge in [-0.1, -0.05) is 0 Å². The maximum absolute atomic E-state index is 10.5. The second-order valence-corrected chi connectivity index (χ2v) is 5.28. The van der Waals surface area contributed by atoms with E-state index in [0.717, 1.165) is 16.5 Å². The normalized spacial score (nSPS) is 10.1. The molecular formula is C9H16N2Na2O12Si. The topological polar surface area (TPSA) is 239 Å². The van der Waals surface area contributed by atoms with Gasteiger partial charge in [0.2, 0.25) is 0 Å². The molecular weight excluding hydrogens is 402 g/mol. The first-order chi connectivity index (χ1) is 10.7. The number of hydrogen-bond acceptors (Lipinski definition) is 11. The van der Waals surface area contributed by atoms with Gasteiger partial charge in [0, 0.05) is 6.54 Å². The fourth-order valence-electron chi connectivity index (χ4n) is 1.19. The van der Waals surface area contributed by atoms with Crippen LogP contribution in [0.3, 0.4) is 0 Å². The summed E-state index contributed by atoms with van der Waals surface area (Å²) in [5.41, 5.74) is 0. The average Bonchev–Trinajstić information content (AvgIpc) is 2.21. The Hall–Kier alpha value is -0.143. The summed E-state index contributed by atoms with van der Waals surface area (Å²) in [7, 11) is -4.61. The van der Waals surface area contributed by atoms with Gasteiger partial charge in [-0.3, -0.25) is 14.4 Å². The summed E-state index contributed by atoms with van der Waals surface area (Å²) in [6, 6.07) is 0. The maximum atomic E-state index is 10.5. The maximum Gasteiger partial charge on any atom is 1.00 e. The van der Waals surface area contributed by atoms with E-state index in [2.05, 4.69) is 0 Å². The smallest absolute Gasteiger partial charge is 0.549 e.